The summed E-state index contributed by atoms with van der Waals surface area (Å²) < 4.78 is 34.6. The molecule has 0 aliphatic carbocycles. The number of hydrogen-bond donors (Lipinski definition) is 1. The number of unbranched alkanes of at least 4 members (excludes halogenated alkanes) is 21. The van der Waals surface area contributed by atoms with Crippen LogP contribution < -0.4 is 0 Å². The van der Waals surface area contributed by atoms with E-state index in [0.717, 1.165) is 103 Å². The van der Waals surface area contributed by atoms with Gasteiger partial charge in [0.2, 0.25) is 0 Å². The molecule has 2 atom stereocenters. The molecule has 0 rings (SSSR count). The van der Waals surface area contributed by atoms with Crippen LogP contribution >= 0.6 is 7.82 Å². The quantitative estimate of drug-likeness (QED) is 0.0211. The van der Waals surface area contributed by atoms with Gasteiger partial charge in [-0.25, -0.2) is 4.57 Å². The molecule has 1 N–H and O–H groups in total. The van der Waals surface area contributed by atoms with Gasteiger partial charge in [0.05, 0.1) is 27.7 Å². The second-order valence-electron chi connectivity index (χ2n) is 22.0. The van der Waals surface area contributed by atoms with Crippen molar-refractivity contribution in [2.45, 2.75) is 251 Å². The zero-order chi connectivity index (χ0) is 58.4. The Bertz CT molecular complexity index is 1810. The van der Waals surface area contributed by atoms with Crippen LogP contribution in [0.15, 0.2) is 134 Å². The van der Waals surface area contributed by atoms with Gasteiger partial charge in [-0.2, -0.15) is 0 Å². The van der Waals surface area contributed by atoms with Gasteiger partial charge in [0.15, 0.2) is 6.10 Å². The van der Waals surface area contributed by atoms with Crippen LogP contribution in [0.25, 0.3) is 0 Å². The van der Waals surface area contributed by atoms with Gasteiger partial charge in [-0.15, -0.1) is 0 Å². The molecule has 0 saturated heterocycles. The van der Waals surface area contributed by atoms with E-state index < -0.39 is 26.5 Å². The van der Waals surface area contributed by atoms with Crippen molar-refractivity contribution < 1.29 is 42.1 Å². The normalized spacial score (nSPS) is 14.1. The fourth-order valence-electron chi connectivity index (χ4n) is 8.34. The van der Waals surface area contributed by atoms with Gasteiger partial charge in [0.1, 0.15) is 19.8 Å². The Morgan fingerprint density at radius 1 is 0.388 bits per heavy atom. The molecule has 10 heteroatoms. The van der Waals surface area contributed by atoms with Crippen molar-refractivity contribution in [3.63, 3.8) is 0 Å². The van der Waals surface area contributed by atoms with E-state index >= 15 is 0 Å². The van der Waals surface area contributed by atoms with Crippen LogP contribution in [0.2, 0.25) is 0 Å². The number of hydrogen-bond acceptors (Lipinski definition) is 7. The number of nitrogens with zero attached hydrogens (tertiary/aromatic N) is 1. The lowest BCUT2D eigenvalue weighted by atomic mass is 10.0. The first-order chi connectivity index (χ1) is 39.0. The molecule has 0 bridgehead atoms. The van der Waals surface area contributed by atoms with E-state index in [0.29, 0.717) is 17.4 Å². The van der Waals surface area contributed by atoms with Gasteiger partial charge in [-0.05, 0) is 109 Å². The summed E-state index contributed by atoms with van der Waals surface area (Å²) in [5, 5.41) is 0. The predicted octanol–water partition coefficient (Wildman–Crippen LogP) is 20.5. The first-order valence-electron chi connectivity index (χ1n) is 31.9. The molecular formula is C70H119NO8P+. The summed E-state index contributed by atoms with van der Waals surface area (Å²) in [6.45, 7) is 4.15. The van der Waals surface area contributed by atoms with Gasteiger partial charge >= 0.3 is 19.8 Å². The number of allylic oxidation sites excluding steroid dienone is 22. The van der Waals surface area contributed by atoms with Crippen LogP contribution in [0.1, 0.15) is 245 Å². The van der Waals surface area contributed by atoms with Crippen LogP contribution in [0.3, 0.4) is 0 Å². The molecule has 80 heavy (non-hydrogen) atoms. The zero-order valence-electron chi connectivity index (χ0n) is 51.8. The molecule has 0 aliphatic heterocycles. The van der Waals surface area contributed by atoms with Crippen molar-refractivity contribution in [2.24, 2.45) is 0 Å². The molecule has 0 aromatic rings. The number of likely N-dealkylation sites (N-methyl/N-ethyl adjacent to an activating group) is 1. The summed E-state index contributed by atoms with van der Waals surface area (Å²) in [6, 6.07) is 0. The molecule has 0 aliphatic rings. The highest BCUT2D eigenvalue weighted by Crippen LogP contribution is 2.43. The number of phosphoric acid groups is 1. The molecule has 2 unspecified atom stereocenters. The summed E-state index contributed by atoms with van der Waals surface area (Å²) in [7, 11) is 1.44. The molecule has 0 aromatic heterocycles. The predicted molar refractivity (Wildman–Crippen MR) is 344 cm³/mol. The van der Waals surface area contributed by atoms with Crippen molar-refractivity contribution in [1.29, 1.82) is 0 Å². The number of carbonyl (C=O) groups is 2. The number of rotatable bonds is 57. The van der Waals surface area contributed by atoms with E-state index in [4.69, 9.17) is 18.5 Å². The Hall–Kier alpha value is -3.85. The van der Waals surface area contributed by atoms with E-state index in [1.54, 1.807) is 0 Å². The number of carbonyl (C=O) groups excluding carboxylic acids is 2. The lowest BCUT2D eigenvalue weighted by Gasteiger charge is -2.24. The number of quaternary nitrogens is 1. The minimum Gasteiger partial charge on any atom is -0.462 e. The van der Waals surface area contributed by atoms with Crippen LogP contribution in [0, 0.1) is 0 Å². The van der Waals surface area contributed by atoms with Crippen molar-refractivity contribution in [2.75, 3.05) is 47.5 Å². The Balaban J connectivity index is 4.10. The SMILES string of the molecule is CC/C=C\C/C=C\C/C=C\C/C=C\C/C=C\C/C=C\CCCCC(=O)OC(COC(=O)CCCCCCCCCCCCCCCCCCCCC/C=C\C/C=C\C/C=C\C/C=C\C/C=C\CC)COP(=O)(O)OCC[N+](C)(C)C. The Kier molecular flexibility index (Phi) is 56.9. The number of phosphoric ester groups is 1. The van der Waals surface area contributed by atoms with E-state index in [1.165, 1.54) is 109 Å². The maximum Gasteiger partial charge on any atom is 0.472 e. The minimum absolute atomic E-state index is 0.0174. The van der Waals surface area contributed by atoms with Crippen molar-refractivity contribution in [3.8, 4) is 0 Å². The standard InChI is InChI=1S/C70H118NO8P/c1-6-8-10-12-14-16-18-20-22-24-26-28-29-30-31-32-33-34-35-36-37-38-39-40-41-43-44-46-48-50-52-54-56-58-60-62-69(72)76-66-68(67-78-80(74,75)77-65-64-71(3,4)5)79-70(73)63-61-59-57-55-53-51-49-47-45-42-27-25-23-21-19-17-15-13-11-9-7-2/h8-11,14-17,20-23,26-28,30-31,42,47,49,53,55,68H,6-7,12-13,18-19,24-25,29,32-41,43-46,48,50-52,54,56-67H2,1-5H3/p+1/b10-8-,11-9-,16-14-,17-15-,22-20-,23-21-,28-26-,31-30-,42-27-,49-47-,55-53-. The summed E-state index contributed by atoms with van der Waals surface area (Å²) in [5.74, 6) is -0.851. The van der Waals surface area contributed by atoms with Crippen molar-refractivity contribution in [3.05, 3.63) is 134 Å². The molecule has 0 radical (unpaired) electrons. The van der Waals surface area contributed by atoms with E-state index in [2.05, 4.69) is 148 Å². The molecule has 0 aromatic carbocycles. The van der Waals surface area contributed by atoms with E-state index in [1.807, 2.05) is 21.1 Å². The maximum absolute atomic E-state index is 12.8. The van der Waals surface area contributed by atoms with Gasteiger partial charge in [-0.3, -0.25) is 18.6 Å². The fourth-order valence-corrected chi connectivity index (χ4v) is 9.08. The average Bonchev–Trinajstić information content (AvgIpc) is 3.42. The first kappa shape index (κ1) is 76.1. The Labute approximate surface area is 491 Å². The average molecular weight is 1130 g/mol. The van der Waals surface area contributed by atoms with Gasteiger partial charge < -0.3 is 18.9 Å². The molecule has 0 spiro atoms. The van der Waals surface area contributed by atoms with Gasteiger partial charge in [-0.1, -0.05) is 257 Å². The van der Waals surface area contributed by atoms with Crippen LogP contribution in [-0.2, 0) is 32.7 Å². The summed E-state index contributed by atoms with van der Waals surface area (Å²) in [6.07, 6.45) is 86.9. The molecule has 9 nitrogen and oxygen atoms in total. The maximum atomic E-state index is 12.8. The third kappa shape index (κ3) is 63.3. The van der Waals surface area contributed by atoms with Crippen LogP contribution in [0.5, 0.6) is 0 Å². The summed E-state index contributed by atoms with van der Waals surface area (Å²) in [5.41, 5.74) is 0. The molecule has 456 valence electrons. The van der Waals surface area contributed by atoms with Gasteiger partial charge in [0.25, 0.3) is 0 Å². The Morgan fingerprint density at radius 2 is 0.675 bits per heavy atom. The van der Waals surface area contributed by atoms with E-state index in [-0.39, 0.29) is 32.0 Å². The monoisotopic (exact) mass is 1130 g/mol. The highest BCUT2D eigenvalue weighted by Gasteiger charge is 2.27. The number of ether oxygens (including phenoxy) is 2. The van der Waals surface area contributed by atoms with Crippen LogP contribution in [-0.4, -0.2) is 74.9 Å². The Morgan fingerprint density at radius 3 is 1.02 bits per heavy atom. The van der Waals surface area contributed by atoms with Crippen molar-refractivity contribution >= 4 is 19.8 Å². The molecule has 0 fully saturated rings. The lowest BCUT2D eigenvalue weighted by molar-refractivity contribution is -0.870. The molecule has 0 heterocycles. The third-order valence-corrected chi connectivity index (χ3v) is 14.2. The van der Waals surface area contributed by atoms with Crippen molar-refractivity contribution in [1.82, 2.24) is 0 Å². The molecular weight excluding hydrogens is 1010 g/mol. The topological polar surface area (TPSA) is 108 Å². The zero-order valence-corrected chi connectivity index (χ0v) is 52.7. The summed E-state index contributed by atoms with van der Waals surface area (Å²) >= 11 is 0. The fraction of sp³-hybridized carbons (Fsp3) is 0.657. The smallest absolute Gasteiger partial charge is 0.462 e. The second kappa shape index (κ2) is 59.8. The lowest BCUT2D eigenvalue weighted by Crippen LogP contribution is -2.37. The first-order valence-corrected chi connectivity index (χ1v) is 33.4. The highest BCUT2D eigenvalue weighted by molar-refractivity contribution is 7.47. The largest absolute Gasteiger partial charge is 0.472 e. The molecule has 0 saturated carbocycles. The molecule has 0 amide bonds. The van der Waals surface area contributed by atoms with E-state index in [9.17, 15) is 19.0 Å². The second-order valence-corrected chi connectivity index (χ2v) is 23.5. The highest BCUT2D eigenvalue weighted by atomic mass is 31.2. The number of esters is 2. The minimum atomic E-state index is -4.41. The van der Waals surface area contributed by atoms with Crippen LogP contribution in [0.4, 0.5) is 0 Å². The summed E-state index contributed by atoms with van der Waals surface area (Å²) in [4.78, 5) is 35.7. The van der Waals surface area contributed by atoms with Gasteiger partial charge in [0, 0.05) is 12.8 Å². The third-order valence-electron chi connectivity index (χ3n) is 13.2.